The monoisotopic (exact) mass is 455 g/mol. The third-order valence-electron chi connectivity index (χ3n) is 4.67. The van der Waals surface area contributed by atoms with E-state index in [2.05, 4.69) is 31.3 Å². The fraction of sp³-hybridized carbons (Fsp3) is 0.389. The smallest absolute Gasteiger partial charge is 0.372 e. The number of fused-ring (bicyclic) bond motifs is 1. The van der Waals surface area contributed by atoms with Gasteiger partial charge in [-0.15, -0.1) is 11.3 Å². The Morgan fingerprint density at radius 2 is 2.10 bits per heavy atom. The molecule has 3 aromatic heterocycles. The first kappa shape index (κ1) is 22.5. The lowest BCUT2D eigenvalue weighted by molar-refractivity contribution is -0.142. The minimum Gasteiger partial charge on any atom is -0.372 e. The van der Waals surface area contributed by atoms with Crippen molar-refractivity contribution in [2.24, 2.45) is 5.73 Å². The lowest BCUT2D eigenvalue weighted by Gasteiger charge is -2.14. The predicted octanol–water partition coefficient (Wildman–Crippen LogP) is 2.67. The Labute approximate surface area is 178 Å². The van der Waals surface area contributed by atoms with Gasteiger partial charge in [0, 0.05) is 16.6 Å². The molecule has 0 saturated heterocycles. The zero-order valence-electron chi connectivity index (χ0n) is 16.5. The van der Waals surface area contributed by atoms with E-state index >= 15 is 0 Å². The van der Waals surface area contributed by atoms with Crippen LogP contribution in [0.3, 0.4) is 0 Å². The van der Waals surface area contributed by atoms with Crippen LogP contribution in [0.4, 0.5) is 18.9 Å². The number of nitrogens with two attached hydrogens (primary N) is 1. The van der Waals surface area contributed by atoms with Gasteiger partial charge in [-0.2, -0.15) is 23.4 Å². The van der Waals surface area contributed by atoms with Gasteiger partial charge in [0.25, 0.3) is 5.91 Å². The Kier molecular flexibility index (Phi) is 6.73. The van der Waals surface area contributed by atoms with Gasteiger partial charge >= 0.3 is 6.18 Å². The number of rotatable bonds is 4. The van der Waals surface area contributed by atoms with Crippen molar-refractivity contribution in [3.05, 3.63) is 44.9 Å². The number of halogens is 3. The number of primary amides is 1. The molecular weight excluding hydrogens is 435 g/mol. The van der Waals surface area contributed by atoms with Crippen LogP contribution in [0, 0.1) is 6.92 Å². The maximum Gasteiger partial charge on any atom is 0.435 e. The first-order chi connectivity index (χ1) is 14.7. The molecule has 3 heterocycles. The van der Waals surface area contributed by atoms with Crippen LogP contribution in [0.15, 0.2) is 11.6 Å². The van der Waals surface area contributed by atoms with Crippen molar-refractivity contribution in [1.29, 1.82) is 0 Å². The van der Waals surface area contributed by atoms with Crippen LogP contribution in [-0.4, -0.2) is 37.3 Å². The number of H-pyrrole nitrogens is 1. The van der Waals surface area contributed by atoms with Crippen molar-refractivity contribution in [3.63, 3.8) is 0 Å². The fourth-order valence-electron chi connectivity index (χ4n) is 3.31. The highest BCUT2D eigenvalue weighted by atomic mass is 32.1. The number of aromatic nitrogens is 5. The average Bonchev–Trinajstić information content (AvgIpc) is 3.43. The standard InChI is InChI=1S/C17H17F3N6OS.CH3NO/c1-9-11(6-21-24-9)23-16(27)12-8-28-14(22-12)7-26-13-5-3-2-4-10(13)15(25-26)17(18,19)20;2-1-3/h6,8H,2-5,7H2,1H3,(H,21,24)(H,23,27);1H,(H2,2,3). The van der Waals surface area contributed by atoms with Crippen molar-refractivity contribution in [1.82, 2.24) is 25.0 Å². The molecule has 166 valence electrons. The summed E-state index contributed by atoms with van der Waals surface area (Å²) in [5, 5.41) is 15.2. The normalized spacial score (nSPS) is 13.2. The number of hydrogen-bond acceptors (Lipinski definition) is 6. The van der Waals surface area contributed by atoms with E-state index in [1.807, 2.05) is 0 Å². The zero-order chi connectivity index (χ0) is 22.6. The summed E-state index contributed by atoms with van der Waals surface area (Å²) in [6.07, 6.45) is -0.197. The minimum atomic E-state index is -4.47. The number of nitrogens with zero attached hydrogens (tertiary/aromatic N) is 4. The minimum absolute atomic E-state index is 0.112. The Balaban J connectivity index is 0.000000858. The van der Waals surface area contributed by atoms with Gasteiger partial charge in [-0.05, 0) is 32.6 Å². The van der Waals surface area contributed by atoms with Crippen LogP contribution in [-0.2, 0) is 30.4 Å². The van der Waals surface area contributed by atoms with Crippen molar-refractivity contribution in [3.8, 4) is 0 Å². The topological polar surface area (TPSA) is 132 Å². The number of hydrogen-bond donors (Lipinski definition) is 3. The van der Waals surface area contributed by atoms with Crippen LogP contribution < -0.4 is 11.1 Å². The van der Waals surface area contributed by atoms with Gasteiger partial charge in [0.05, 0.1) is 24.1 Å². The third kappa shape index (κ3) is 5.10. The number of carbonyl (C=O) groups is 2. The highest BCUT2D eigenvalue weighted by Gasteiger charge is 2.39. The number of anilines is 1. The molecule has 0 unspecified atom stereocenters. The molecule has 13 heteroatoms. The SMILES string of the molecule is Cc1[nH]ncc1NC(=O)c1csc(Cn2nc(C(F)(F)F)c3c2CCCC3)n1.NC=O. The number of amides is 2. The van der Waals surface area contributed by atoms with Crippen molar-refractivity contribution in [2.45, 2.75) is 45.3 Å². The molecule has 31 heavy (non-hydrogen) atoms. The maximum absolute atomic E-state index is 13.3. The third-order valence-corrected chi connectivity index (χ3v) is 5.51. The van der Waals surface area contributed by atoms with Crippen LogP contribution in [0.1, 0.15) is 51.0 Å². The van der Waals surface area contributed by atoms with Crippen LogP contribution in [0.25, 0.3) is 0 Å². The Hall–Kier alpha value is -3.22. The zero-order valence-corrected chi connectivity index (χ0v) is 17.3. The number of thiazole rings is 1. The van der Waals surface area contributed by atoms with Crippen molar-refractivity contribution < 1.29 is 22.8 Å². The summed E-state index contributed by atoms with van der Waals surface area (Å²) in [6.45, 7) is 1.88. The van der Waals surface area contributed by atoms with Crippen LogP contribution in [0.5, 0.6) is 0 Å². The van der Waals surface area contributed by atoms with E-state index in [1.165, 1.54) is 22.2 Å². The van der Waals surface area contributed by atoms with E-state index in [-0.39, 0.29) is 18.6 Å². The number of aromatic amines is 1. The molecule has 1 aliphatic rings. The van der Waals surface area contributed by atoms with E-state index in [1.54, 1.807) is 12.3 Å². The number of carbonyl (C=O) groups excluding carboxylic acids is 2. The highest BCUT2D eigenvalue weighted by molar-refractivity contribution is 7.09. The first-order valence-corrected chi connectivity index (χ1v) is 10.2. The van der Waals surface area contributed by atoms with Crippen LogP contribution in [0.2, 0.25) is 0 Å². The summed E-state index contributed by atoms with van der Waals surface area (Å²) in [5.74, 6) is -0.398. The molecule has 0 atom stereocenters. The summed E-state index contributed by atoms with van der Waals surface area (Å²) in [4.78, 5) is 25.2. The highest BCUT2D eigenvalue weighted by Crippen LogP contribution is 2.36. The largest absolute Gasteiger partial charge is 0.435 e. The van der Waals surface area contributed by atoms with Gasteiger partial charge in [0.15, 0.2) is 5.69 Å². The fourth-order valence-corrected chi connectivity index (χ4v) is 4.06. The number of nitrogens with one attached hydrogen (secondary N) is 2. The molecule has 4 rings (SSSR count). The van der Waals surface area contributed by atoms with E-state index in [4.69, 9.17) is 4.79 Å². The molecule has 2 amide bonds. The molecule has 0 aliphatic heterocycles. The second kappa shape index (κ2) is 9.29. The Bertz CT molecular complexity index is 1070. The molecule has 0 saturated carbocycles. The molecule has 0 spiro atoms. The first-order valence-electron chi connectivity index (χ1n) is 9.31. The van der Waals surface area contributed by atoms with Crippen molar-refractivity contribution in [2.75, 3.05) is 5.32 Å². The molecule has 3 aromatic rings. The Morgan fingerprint density at radius 1 is 1.39 bits per heavy atom. The Morgan fingerprint density at radius 3 is 2.74 bits per heavy atom. The number of alkyl halides is 3. The molecule has 4 N–H and O–H groups in total. The summed E-state index contributed by atoms with van der Waals surface area (Å²) < 4.78 is 41.3. The summed E-state index contributed by atoms with van der Waals surface area (Å²) in [5.41, 5.74) is 5.75. The second-order valence-electron chi connectivity index (χ2n) is 6.76. The molecule has 1 aliphatic carbocycles. The maximum atomic E-state index is 13.3. The molecule has 0 fully saturated rings. The average molecular weight is 455 g/mol. The van der Waals surface area contributed by atoms with Gasteiger partial charge in [-0.25, -0.2) is 4.98 Å². The molecule has 0 bridgehead atoms. The lowest BCUT2D eigenvalue weighted by atomic mass is 9.95. The predicted molar refractivity (Wildman–Crippen MR) is 107 cm³/mol. The molecule has 0 radical (unpaired) electrons. The van der Waals surface area contributed by atoms with Gasteiger partial charge < -0.3 is 11.1 Å². The lowest BCUT2D eigenvalue weighted by Crippen LogP contribution is -2.13. The summed E-state index contributed by atoms with van der Waals surface area (Å²) in [7, 11) is 0. The van der Waals surface area contributed by atoms with E-state index in [0.717, 1.165) is 12.8 Å². The second-order valence-corrected chi connectivity index (χ2v) is 7.70. The van der Waals surface area contributed by atoms with Gasteiger partial charge in [0.1, 0.15) is 10.7 Å². The van der Waals surface area contributed by atoms with Crippen LogP contribution >= 0.6 is 11.3 Å². The number of aryl methyl sites for hydroxylation is 1. The van der Waals surface area contributed by atoms with Gasteiger partial charge in [-0.1, -0.05) is 0 Å². The summed E-state index contributed by atoms with van der Waals surface area (Å²) in [6, 6.07) is 0. The van der Waals surface area contributed by atoms with Crippen molar-refractivity contribution >= 4 is 29.3 Å². The van der Waals surface area contributed by atoms with E-state index in [9.17, 15) is 18.0 Å². The quantitative estimate of drug-likeness (QED) is 0.521. The molecular formula is C18H20F3N7O2S. The summed E-state index contributed by atoms with van der Waals surface area (Å²) >= 11 is 1.22. The van der Waals surface area contributed by atoms with E-state index < -0.39 is 17.8 Å². The van der Waals surface area contributed by atoms with Gasteiger partial charge in [-0.3, -0.25) is 19.4 Å². The van der Waals surface area contributed by atoms with Gasteiger partial charge in [0.2, 0.25) is 6.41 Å². The van der Waals surface area contributed by atoms with E-state index in [0.29, 0.717) is 40.5 Å². The molecule has 0 aromatic carbocycles. The molecule has 9 nitrogen and oxygen atoms in total.